The van der Waals surface area contributed by atoms with Crippen LogP contribution in [0.2, 0.25) is 0 Å². The molecule has 0 unspecified atom stereocenters. The molecule has 2 N–H and O–H groups in total. The van der Waals surface area contributed by atoms with E-state index < -0.39 is 11.2 Å². The van der Waals surface area contributed by atoms with Gasteiger partial charge in [-0.1, -0.05) is 0 Å². The van der Waals surface area contributed by atoms with Gasteiger partial charge in [0.1, 0.15) is 0 Å². The van der Waals surface area contributed by atoms with Crippen LogP contribution in [-0.2, 0) is 13.1 Å². The van der Waals surface area contributed by atoms with Gasteiger partial charge in [0, 0.05) is 20.1 Å². The average molecular weight is 237 g/mol. The summed E-state index contributed by atoms with van der Waals surface area (Å²) in [4.78, 5) is 30.0. The maximum Gasteiger partial charge on any atom is 0.330 e. The summed E-state index contributed by atoms with van der Waals surface area (Å²) in [7, 11) is 1.73. The van der Waals surface area contributed by atoms with Crippen LogP contribution in [0.25, 0.3) is 11.2 Å². The smallest absolute Gasteiger partial charge is 0.330 e. The molecular weight excluding hydrogens is 222 g/mol. The average Bonchev–Trinajstić information content (AvgIpc) is 2.68. The fourth-order valence-electron chi connectivity index (χ4n) is 1.96. The van der Waals surface area contributed by atoms with E-state index in [0.29, 0.717) is 30.2 Å². The van der Waals surface area contributed by atoms with Gasteiger partial charge in [-0.05, 0) is 13.8 Å². The van der Waals surface area contributed by atoms with Gasteiger partial charge in [0.05, 0.1) is 0 Å². The Kier molecular flexibility index (Phi) is 2.74. The molecule has 0 atom stereocenters. The molecule has 7 heteroatoms. The second-order valence-corrected chi connectivity index (χ2v) is 3.61. The van der Waals surface area contributed by atoms with Crippen molar-refractivity contribution in [2.24, 2.45) is 0 Å². The van der Waals surface area contributed by atoms with Gasteiger partial charge in [0.15, 0.2) is 11.2 Å². The number of rotatable bonds is 3. The molecule has 7 nitrogen and oxygen atoms in total. The highest BCUT2D eigenvalue weighted by molar-refractivity contribution is 5.74. The first-order chi connectivity index (χ1) is 8.13. The summed E-state index contributed by atoms with van der Waals surface area (Å²) in [5.41, 5.74) is 0.0321. The number of hydrogen-bond acceptors (Lipinski definition) is 4. The van der Waals surface area contributed by atoms with Crippen molar-refractivity contribution in [1.29, 1.82) is 0 Å². The molecule has 2 heterocycles. The van der Waals surface area contributed by atoms with Crippen LogP contribution in [0.5, 0.6) is 0 Å². The van der Waals surface area contributed by atoms with E-state index in [9.17, 15) is 9.59 Å². The van der Waals surface area contributed by atoms with Gasteiger partial charge in [-0.2, -0.15) is 4.98 Å². The Hall–Kier alpha value is -2.05. The Labute approximate surface area is 97.1 Å². The maximum absolute atomic E-state index is 11.8. The molecule has 0 spiro atoms. The van der Waals surface area contributed by atoms with E-state index in [0.717, 1.165) is 0 Å². The molecule has 0 aliphatic rings. The number of nitrogens with zero attached hydrogens (tertiary/aromatic N) is 3. The summed E-state index contributed by atoms with van der Waals surface area (Å²) in [6, 6.07) is 0. The molecule has 0 bridgehead atoms. The van der Waals surface area contributed by atoms with Gasteiger partial charge in [0.2, 0.25) is 5.95 Å². The van der Waals surface area contributed by atoms with Crippen molar-refractivity contribution >= 4 is 17.1 Å². The summed E-state index contributed by atoms with van der Waals surface area (Å²) in [6.07, 6.45) is 0. The molecule has 0 saturated carbocycles. The van der Waals surface area contributed by atoms with E-state index in [-0.39, 0.29) is 0 Å². The number of aromatic amines is 1. The fourth-order valence-corrected chi connectivity index (χ4v) is 1.96. The minimum atomic E-state index is -0.423. The highest BCUT2D eigenvalue weighted by Crippen LogP contribution is 2.14. The summed E-state index contributed by atoms with van der Waals surface area (Å²) in [5, 5.41) is 2.92. The molecule has 0 aromatic carbocycles. The third-order valence-corrected chi connectivity index (χ3v) is 2.74. The van der Waals surface area contributed by atoms with Gasteiger partial charge in [-0.3, -0.25) is 14.3 Å². The molecule has 0 aliphatic heterocycles. The van der Waals surface area contributed by atoms with Crippen LogP contribution in [0.3, 0.4) is 0 Å². The zero-order valence-corrected chi connectivity index (χ0v) is 10.1. The zero-order valence-electron chi connectivity index (χ0n) is 10.1. The van der Waals surface area contributed by atoms with Gasteiger partial charge in [0.25, 0.3) is 5.56 Å². The molecule has 0 radical (unpaired) electrons. The molecule has 17 heavy (non-hydrogen) atoms. The lowest BCUT2D eigenvalue weighted by atomic mass is 10.5. The van der Waals surface area contributed by atoms with Crippen LogP contribution < -0.4 is 16.6 Å². The van der Waals surface area contributed by atoms with E-state index in [1.165, 1.54) is 4.57 Å². The van der Waals surface area contributed by atoms with Crippen molar-refractivity contribution in [2.45, 2.75) is 26.9 Å². The van der Waals surface area contributed by atoms with E-state index in [4.69, 9.17) is 0 Å². The van der Waals surface area contributed by atoms with Crippen molar-refractivity contribution < 1.29 is 0 Å². The van der Waals surface area contributed by atoms with Crippen LogP contribution in [0.1, 0.15) is 13.8 Å². The molecular formula is C10H15N5O2. The lowest BCUT2D eigenvalue weighted by molar-refractivity contribution is 0.716. The molecule has 0 amide bonds. The first kappa shape index (κ1) is 11.4. The Morgan fingerprint density at radius 1 is 1.24 bits per heavy atom. The highest BCUT2D eigenvalue weighted by Gasteiger charge is 2.15. The van der Waals surface area contributed by atoms with Crippen LogP contribution >= 0.6 is 0 Å². The SMILES string of the molecule is CCn1c(NC)nc2c1c(=O)[nH]c(=O)n2CC. The number of imidazole rings is 1. The zero-order chi connectivity index (χ0) is 12.6. The summed E-state index contributed by atoms with van der Waals surface area (Å²) in [5.74, 6) is 0.584. The van der Waals surface area contributed by atoms with E-state index in [2.05, 4.69) is 15.3 Å². The number of H-pyrrole nitrogens is 1. The van der Waals surface area contributed by atoms with Crippen LogP contribution in [0, 0.1) is 0 Å². The highest BCUT2D eigenvalue weighted by atomic mass is 16.2. The monoisotopic (exact) mass is 237 g/mol. The van der Waals surface area contributed by atoms with Crippen LogP contribution in [0.4, 0.5) is 5.95 Å². The van der Waals surface area contributed by atoms with Crippen molar-refractivity contribution in [3.05, 3.63) is 20.8 Å². The van der Waals surface area contributed by atoms with Gasteiger partial charge in [-0.25, -0.2) is 4.79 Å². The maximum atomic E-state index is 11.8. The Morgan fingerprint density at radius 2 is 1.88 bits per heavy atom. The van der Waals surface area contributed by atoms with Crippen LogP contribution in [0.15, 0.2) is 9.59 Å². The Morgan fingerprint density at radius 3 is 2.41 bits per heavy atom. The van der Waals surface area contributed by atoms with Crippen molar-refractivity contribution in [2.75, 3.05) is 12.4 Å². The summed E-state index contributed by atoms with van der Waals surface area (Å²) < 4.78 is 3.20. The predicted molar refractivity (Wildman–Crippen MR) is 65.5 cm³/mol. The summed E-state index contributed by atoms with van der Waals surface area (Å²) >= 11 is 0. The number of fused-ring (bicyclic) bond motifs is 1. The third kappa shape index (κ3) is 1.54. The molecule has 2 rings (SSSR count). The van der Waals surface area contributed by atoms with Gasteiger partial charge >= 0.3 is 5.69 Å². The number of nitrogens with one attached hydrogen (secondary N) is 2. The number of hydrogen-bond donors (Lipinski definition) is 2. The molecule has 2 aromatic rings. The van der Waals surface area contributed by atoms with Crippen molar-refractivity contribution in [3.8, 4) is 0 Å². The van der Waals surface area contributed by atoms with Gasteiger partial charge in [-0.15, -0.1) is 0 Å². The summed E-state index contributed by atoms with van der Waals surface area (Å²) in [6.45, 7) is 4.83. The molecule has 2 aromatic heterocycles. The van der Waals surface area contributed by atoms with E-state index in [1.54, 1.807) is 11.6 Å². The predicted octanol–water partition coefficient (Wildman–Crippen LogP) is -0.0322. The third-order valence-electron chi connectivity index (χ3n) is 2.74. The van der Waals surface area contributed by atoms with E-state index in [1.807, 2.05) is 13.8 Å². The largest absolute Gasteiger partial charge is 0.359 e. The molecule has 92 valence electrons. The number of aryl methyl sites for hydroxylation is 2. The van der Waals surface area contributed by atoms with Crippen molar-refractivity contribution in [1.82, 2.24) is 19.1 Å². The first-order valence-corrected chi connectivity index (χ1v) is 5.55. The second kappa shape index (κ2) is 4.08. The Balaban J connectivity index is 3.00. The molecule has 0 fully saturated rings. The standard InChI is InChI=1S/C10H15N5O2/c1-4-14-6-7(12-9(14)11-3)15(5-2)10(17)13-8(6)16/h4-5H2,1-3H3,(H,11,12)(H,13,16,17). The number of aromatic nitrogens is 4. The minimum absolute atomic E-state index is 0.398. The minimum Gasteiger partial charge on any atom is -0.359 e. The van der Waals surface area contributed by atoms with Crippen LogP contribution in [-0.4, -0.2) is 26.1 Å². The fraction of sp³-hybridized carbons (Fsp3) is 0.500. The normalized spacial score (nSPS) is 11.0. The molecule has 0 aliphatic carbocycles. The van der Waals surface area contributed by atoms with Gasteiger partial charge < -0.3 is 9.88 Å². The Bertz CT molecular complexity index is 664. The topological polar surface area (TPSA) is 84.7 Å². The second-order valence-electron chi connectivity index (χ2n) is 3.61. The van der Waals surface area contributed by atoms with E-state index >= 15 is 0 Å². The lowest BCUT2D eigenvalue weighted by Crippen LogP contribution is -2.30. The first-order valence-electron chi connectivity index (χ1n) is 5.55. The number of anilines is 1. The van der Waals surface area contributed by atoms with Crippen molar-refractivity contribution in [3.63, 3.8) is 0 Å². The lowest BCUT2D eigenvalue weighted by Gasteiger charge is -2.04. The quantitative estimate of drug-likeness (QED) is 0.785. The molecule has 0 saturated heterocycles.